The van der Waals surface area contributed by atoms with Crippen LogP contribution in [0.5, 0.6) is 0 Å². The molecule has 0 atom stereocenters. The van der Waals surface area contributed by atoms with Crippen molar-refractivity contribution in [2.24, 2.45) is 0 Å². The molecule has 27 heavy (non-hydrogen) atoms. The molecule has 0 amide bonds. The largest absolute Gasteiger partial charge is 0.425 e. The average Bonchev–Trinajstić information content (AvgIpc) is 2.63. The lowest BCUT2D eigenvalue weighted by atomic mass is 10.0. The molecule has 140 valence electrons. The first-order valence-electron chi connectivity index (χ1n) is 8.30. The van der Waals surface area contributed by atoms with E-state index in [1.807, 2.05) is 43.3 Å². The van der Waals surface area contributed by atoms with Crippen molar-refractivity contribution in [2.45, 2.75) is 13.5 Å². The highest BCUT2D eigenvalue weighted by Gasteiger charge is 2.19. The highest BCUT2D eigenvalue weighted by atomic mass is 32.2. The van der Waals surface area contributed by atoms with Crippen LogP contribution in [0.1, 0.15) is 11.1 Å². The molecule has 0 unspecified atom stereocenters. The van der Waals surface area contributed by atoms with Gasteiger partial charge in [-0.05, 0) is 42.3 Å². The molecule has 6 nitrogen and oxygen atoms in total. The molecule has 0 bridgehead atoms. The minimum atomic E-state index is -3.63. The molecule has 0 fully saturated rings. The first-order valence-corrected chi connectivity index (χ1v) is 10.1. The van der Waals surface area contributed by atoms with E-state index >= 15 is 0 Å². The summed E-state index contributed by atoms with van der Waals surface area (Å²) in [6, 6.07) is 18.1. The van der Waals surface area contributed by atoms with Crippen LogP contribution in [0.25, 0.3) is 11.1 Å². The summed E-state index contributed by atoms with van der Waals surface area (Å²) in [5.74, 6) is 0. The Morgan fingerprint density at radius 3 is 2.07 bits per heavy atom. The molecule has 1 aromatic heterocycles. The molecule has 1 N–H and O–H groups in total. The van der Waals surface area contributed by atoms with Gasteiger partial charge in [0.2, 0.25) is 10.0 Å². The Bertz CT molecular complexity index is 1100. The van der Waals surface area contributed by atoms with Crippen LogP contribution < -0.4 is 9.86 Å². The number of hydrogen-bond donors (Lipinski definition) is 1. The maximum atomic E-state index is 12.3. The molecule has 0 spiro atoms. The van der Waals surface area contributed by atoms with E-state index in [1.165, 1.54) is 18.3 Å². The Labute approximate surface area is 158 Å². The molecular formula is C20H20N2O4S. The van der Waals surface area contributed by atoms with Crippen molar-refractivity contribution in [1.82, 2.24) is 4.73 Å². The van der Waals surface area contributed by atoms with Crippen LogP contribution >= 0.6 is 0 Å². The predicted molar refractivity (Wildman–Crippen MR) is 106 cm³/mol. The number of pyridine rings is 1. The predicted octanol–water partition coefficient (Wildman–Crippen LogP) is 3.03. The lowest BCUT2D eigenvalue weighted by Crippen LogP contribution is -2.33. The SMILES string of the molecule is Cc1ccc(-c2ccc(N(Cc3cccn(O)c3=O)S(C)(=O)=O)cc2)cc1. The third kappa shape index (κ3) is 4.20. The number of aryl methyl sites for hydroxylation is 1. The van der Waals surface area contributed by atoms with E-state index in [-0.39, 0.29) is 12.1 Å². The van der Waals surface area contributed by atoms with Gasteiger partial charge in [-0.15, -0.1) is 0 Å². The Balaban J connectivity index is 1.95. The van der Waals surface area contributed by atoms with Gasteiger partial charge in [0.15, 0.2) is 0 Å². The van der Waals surface area contributed by atoms with E-state index in [4.69, 9.17) is 0 Å². The van der Waals surface area contributed by atoms with Crippen LogP contribution in [0, 0.1) is 6.92 Å². The van der Waals surface area contributed by atoms with Gasteiger partial charge >= 0.3 is 0 Å². The third-order valence-electron chi connectivity index (χ3n) is 4.26. The molecule has 0 aliphatic heterocycles. The fourth-order valence-corrected chi connectivity index (χ4v) is 3.65. The molecule has 7 heteroatoms. The first kappa shape index (κ1) is 18.7. The molecule has 2 aromatic carbocycles. The maximum absolute atomic E-state index is 12.3. The van der Waals surface area contributed by atoms with E-state index < -0.39 is 15.6 Å². The van der Waals surface area contributed by atoms with Gasteiger partial charge in [0, 0.05) is 11.8 Å². The summed E-state index contributed by atoms with van der Waals surface area (Å²) >= 11 is 0. The number of hydrogen-bond acceptors (Lipinski definition) is 4. The second kappa shape index (κ2) is 7.28. The summed E-state index contributed by atoms with van der Waals surface area (Å²) in [4.78, 5) is 12.0. The Kier molecular flexibility index (Phi) is 5.05. The first-order chi connectivity index (χ1) is 12.8. The Morgan fingerprint density at radius 1 is 0.963 bits per heavy atom. The third-order valence-corrected chi connectivity index (χ3v) is 5.40. The molecule has 1 heterocycles. The average molecular weight is 384 g/mol. The van der Waals surface area contributed by atoms with Crippen molar-refractivity contribution < 1.29 is 13.6 Å². The van der Waals surface area contributed by atoms with Crippen LogP contribution in [-0.4, -0.2) is 24.6 Å². The van der Waals surface area contributed by atoms with Crippen molar-refractivity contribution >= 4 is 15.7 Å². The van der Waals surface area contributed by atoms with Gasteiger partial charge < -0.3 is 5.21 Å². The summed E-state index contributed by atoms with van der Waals surface area (Å²) in [6.45, 7) is 1.85. The highest BCUT2D eigenvalue weighted by molar-refractivity contribution is 7.92. The lowest BCUT2D eigenvalue weighted by Gasteiger charge is -2.22. The summed E-state index contributed by atoms with van der Waals surface area (Å²) < 4.78 is 26.1. The Hall–Kier alpha value is -3.06. The number of rotatable bonds is 5. The molecular weight excluding hydrogens is 364 g/mol. The van der Waals surface area contributed by atoms with Crippen LogP contribution in [0.15, 0.2) is 71.7 Å². The van der Waals surface area contributed by atoms with E-state index in [2.05, 4.69) is 0 Å². The van der Waals surface area contributed by atoms with Crippen LogP contribution in [-0.2, 0) is 16.6 Å². The number of aromatic nitrogens is 1. The fraction of sp³-hybridized carbons (Fsp3) is 0.150. The highest BCUT2D eigenvalue weighted by Crippen LogP contribution is 2.25. The van der Waals surface area contributed by atoms with E-state index in [9.17, 15) is 18.4 Å². The molecule has 0 aliphatic carbocycles. The van der Waals surface area contributed by atoms with Crippen LogP contribution in [0.2, 0.25) is 0 Å². The van der Waals surface area contributed by atoms with Gasteiger partial charge in [-0.25, -0.2) is 8.42 Å². The molecule has 3 aromatic rings. The number of sulfonamides is 1. The zero-order valence-electron chi connectivity index (χ0n) is 15.0. The summed E-state index contributed by atoms with van der Waals surface area (Å²) in [5.41, 5.74) is 3.13. The molecule has 0 radical (unpaired) electrons. The lowest BCUT2D eigenvalue weighted by molar-refractivity contribution is 0.174. The van der Waals surface area contributed by atoms with Gasteiger partial charge in [-0.1, -0.05) is 42.0 Å². The Morgan fingerprint density at radius 2 is 1.52 bits per heavy atom. The zero-order chi connectivity index (χ0) is 19.6. The number of benzene rings is 2. The molecule has 0 saturated carbocycles. The quantitative estimate of drug-likeness (QED) is 0.686. The minimum Gasteiger partial charge on any atom is -0.425 e. The number of anilines is 1. The van der Waals surface area contributed by atoms with Gasteiger partial charge in [-0.3, -0.25) is 9.10 Å². The van der Waals surface area contributed by atoms with Crippen molar-refractivity contribution in [3.8, 4) is 11.1 Å². The standard InChI is InChI=1S/C20H20N2O4S/c1-15-5-7-16(8-6-15)17-9-11-19(12-10-17)22(27(2,25)26)14-18-4-3-13-21(24)20(18)23/h3-13,24H,14H2,1-2H3. The van der Waals surface area contributed by atoms with E-state index in [1.54, 1.807) is 12.1 Å². The van der Waals surface area contributed by atoms with Crippen molar-refractivity contribution in [3.63, 3.8) is 0 Å². The maximum Gasteiger partial charge on any atom is 0.287 e. The molecule has 0 saturated heterocycles. The van der Waals surface area contributed by atoms with Gasteiger partial charge in [0.05, 0.1) is 18.5 Å². The van der Waals surface area contributed by atoms with Crippen molar-refractivity contribution in [1.29, 1.82) is 0 Å². The second-order valence-electron chi connectivity index (χ2n) is 6.37. The summed E-state index contributed by atoms with van der Waals surface area (Å²) in [6.07, 6.45) is 2.29. The fourth-order valence-electron chi connectivity index (χ4n) is 2.77. The second-order valence-corrected chi connectivity index (χ2v) is 8.27. The summed E-state index contributed by atoms with van der Waals surface area (Å²) in [7, 11) is -3.63. The smallest absolute Gasteiger partial charge is 0.287 e. The summed E-state index contributed by atoms with van der Waals surface area (Å²) in [5, 5.41) is 9.50. The van der Waals surface area contributed by atoms with E-state index in [0.717, 1.165) is 27.3 Å². The zero-order valence-corrected chi connectivity index (χ0v) is 15.8. The molecule has 0 aliphatic rings. The topological polar surface area (TPSA) is 79.6 Å². The van der Waals surface area contributed by atoms with Crippen LogP contribution in [0.3, 0.4) is 0 Å². The van der Waals surface area contributed by atoms with Crippen molar-refractivity contribution in [3.05, 3.63) is 88.3 Å². The normalized spacial score (nSPS) is 11.3. The van der Waals surface area contributed by atoms with Crippen molar-refractivity contribution in [2.75, 3.05) is 10.6 Å². The van der Waals surface area contributed by atoms with E-state index in [0.29, 0.717) is 10.4 Å². The monoisotopic (exact) mass is 384 g/mol. The van der Waals surface area contributed by atoms with Gasteiger partial charge in [0.25, 0.3) is 5.56 Å². The van der Waals surface area contributed by atoms with Gasteiger partial charge in [-0.2, -0.15) is 4.73 Å². The molecule has 3 rings (SSSR count). The number of nitrogens with zero attached hydrogens (tertiary/aromatic N) is 2. The van der Waals surface area contributed by atoms with Crippen LogP contribution in [0.4, 0.5) is 5.69 Å². The minimum absolute atomic E-state index is 0.164. The van der Waals surface area contributed by atoms with Gasteiger partial charge in [0.1, 0.15) is 0 Å².